The maximum Gasteiger partial charge on any atom is 0.162 e. The molecule has 0 saturated carbocycles. The van der Waals surface area contributed by atoms with Crippen LogP contribution in [0.1, 0.15) is 22.1 Å². The zero-order valence-corrected chi connectivity index (χ0v) is 12.8. The first-order valence-corrected chi connectivity index (χ1v) is 7.37. The molecule has 0 aromatic heterocycles. The number of ether oxygens (including phenoxy) is 2. The lowest BCUT2D eigenvalue weighted by molar-refractivity contribution is 0.171. The predicted molar refractivity (Wildman–Crippen MR) is 81.3 cm³/mol. The van der Waals surface area contributed by atoms with E-state index in [9.17, 15) is 4.39 Å². The summed E-state index contributed by atoms with van der Waals surface area (Å²) in [6.07, 6.45) is 0. The second-order valence-corrected chi connectivity index (χ2v) is 5.72. The summed E-state index contributed by atoms with van der Waals surface area (Å²) < 4.78 is 24.2. The molecule has 1 heterocycles. The van der Waals surface area contributed by atoms with Crippen LogP contribution in [0.4, 0.5) is 4.39 Å². The van der Waals surface area contributed by atoms with Gasteiger partial charge in [0.15, 0.2) is 11.5 Å². The van der Waals surface area contributed by atoms with Gasteiger partial charge in [0.25, 0.3) is 0 Å². The second kappa shape index (κ2) is 5.74. The molecule has 0 N–H and O–H groups in total. The molecule has 2 aromatic rings. The first kappa shape index (κ1) is 14.5. The van der Waals surface area contributed by atoms with E-state index in [0.29, 0.717) is 29.7 Å². The van der Waals surface area contributed by atoms with E-state index in [2.05, 4.69) is 0 Å². The van der Waals surface area contributed by atoms with Crippen molar-refractivity contribution in [3.63, 3.8) is 0 Å². The van der Waals surface area contributed by atoms with Crippen molar-refractivity contribution in [3.05, 3.63) is 57.9 Å². The lowest BCUT2D eigenvalue weighted by atomic mass is 9.99. The molecule has 0 fully saturated rings. The minimum absolute atomic E-state index is 0.284. The summed E-state index contributed by atoms with van der Waals surface area (Å²) in [6.45, 7) is 2.82. The largest absolute Gasteiger partial charge is 0.486 e. The van der Waals surface area contributed by atoms with Gasteiger partial charge in [-0.05, 0) is 41.8 Å². The van der Waals surface area contributed by atoms with Crippen LogP contribution in [0.5, 0.6) is 11.5 Å². The number of rotatable bonds is 2. The average Bonchev–Trinajstić information content (AvgIpc) is 2.46. The number of halogens is 3. The lowest BCUT2D eigenvalue weighted by Crippen LogP contribution is -2.15. The number of hydrogen-bond acceptors (Lipinski definition) is 2. The van der Waals surface area contributed by atoms with Crippen molar-refractivity contribution in [1.82, 2.24) is 0 Å². The molecule has 0 radical (unpaired) electrons. The highest BCUT2D eigenvalue weighted by molar-refractivity contribution is 6.33. The highest BCUT2D eigenvalue weighted by atomic mass is 35.5. The van der Waals surface area contributed by atoms with Crippen molar-refractivity contribution in [3.8, 4) is 11.5 Å². The Morgan fingerprint density at radius 3 is 2.38 bits per heavy atom. The van der Waals surface area contributed by atoms with E-state index < -0.39 is 5.38 Å². The average molecular weight is 327 g/mol. The Bertz CT molecular complexity index is 688. The standard InChI is InChI=1S/C16H13Cl2FO2/c1-9-6-10(19)2-3-11(9)16(18)12-7-14-15(8-13(12)17)21-5-4-20-14/h2-3,6-8,16H,4-5H2,1H3. The van der Waals surface area contributed by atoms with E-state index in [1.807, 2.05) is 6.92 Å². The maximum atomic E-state index is 13.2. The number of hydrogen-bond donors (Lipinski definition) is 0. The summed E-state index contributed by atoms with van der Waals surface area (Å²) in [7, 11) is 0. The van der Waals surface area contributed by atoms with Gasteiger partial charge < -0.3 is 9.47 Å². The highest BCUT2D eigenvalue weighted by Gasteiger charge is 2.21. The van der Waals surface area contributed by atoms with Gasteiger partial charge in [0.2, 0.25) is 0 Å². The zero-order chi connectivity index (χ0) is 15.0. The van der Waals surface area contributed by atoms with Gasteiger partial charge in [-0.3, -0.25) is 0 Å². The van der Waals surface area contributed by atoms with Gasteiger partial charge in [0, 0.05) is 11.1 Å². The van der Waals surface area contributed by atoms with Gasteiger partial charge in [-0.25, -0.2) is 4.39 Å². The van der Waals surface area contributed by atoms with Crippen molar-refractivity contribution in [2.45, 2.75) is 12.3 Å². The smallest absolute Gasteiger partial charge is 0.162 e. The SMILES string of the molecule is Cc1cc(F)ccc1C(Cl)c1cc2c(cc1Cl)OCCO2. The van der Waals surface area contributed by atoms with Gasteiger partial charge >= 0.3 is 0 Å². The fourth-order valence-electron chi connectivity index (χ4n) is 2.36. The molecule has 5 heteroatoms. The molecule has 2 aromatic carbocycles. The lowest BCUT2D eigenvalue weighted by Gasteiger charge is -2.22. The van der Waals surface area contributed by atoms with Crippen LogP contribution in [-0.4, -0.2) is 13.2 Å². The van der Waals surface area contributed by atoms with Gasteiger partial charge in [-0.1, -0.05) is 17.7 Å². The van der Waals surface area contributed by atoms with Gasteiger partial charge in [-0.2, -0.15) is 0 Å². The van der Waals surface area contributed by atoms with Crippen LogP contribution in [0, 0.1) is 12.7 Å². The fourth-order valence-corrected chi connectivity index (χ4v) is 3.11. The number of benzene rings is 2. The number of aryl methyl sites for hydroxylation is 1. The molecule has 0 aliphatic carbocycles. The topological polar surface area (TPSA) is 18.5 Å². The molecule has 3 rings (SSSR count). The molecule has 0 saturated heterocycles. The summed E-state index contributed by atoms with van der Waals surface area (Å²) in [5.74, 6) is 0.967. The molecule has 2 nitrogen and oxygen atoms in total. The van der Waals surface area contributed by atoms with Crippen LogP contribution >= 0.6 is 23.2 Å². The molecular weight excluding hydrogens is 314 g/mol. The van der Waals surface area contributed by atoms with Crippen molar-refractivity contribution in [1.29, 1.82) is 0 Å². The van der Waals surface area contributed by atoms with E-state index in [1.54, 1.807) is 18.2 Å². The molecule has 0 spiro atoms. The van der Waals surface area contributed by atoms with Crippen molar-refractivity contribution in [2.75, 3.05) is 13.2 Å². The minimum Gasteiger partial charge on any atom is -0.486 e. The van der Waals surface area contributed by atoms with Crippen LogP contribution in [0.2, 0.25) is 5.02 Å². The number of fused-ring (bicyclic) bond motifs is 1. The van der Waals surface area contributed by atoms with E-state index in [1.165, 1.54) is 12.1 Å². The molecule has 1 aliphatic rings. The monoisotopic (exact) mass is 326 g/mol. The van der Waals surface area contributed by atoms with Crippen molar-refractivity contribution < 1.29 is 13.9 Å². The Morgan fingerprint density at radius 2 is 1.71 bits per heavy atom. The summed E-state index contributed by atoms with van der Waals surface area (Å²) in [5.41, 5.74) is 2.31. The third-order valence-electron chi connectivity index (χ3n) is 3.44. The number of alkyl halides is 1. The van der Waals surface area contributed by atoms with Gasteiger partial charge in [0.05, 0.1) is 5.38 Å². The first-order chi connectivity index (χ1) is 10.1. The summed E-state index contributed by atoms with van der Waals surface area (Å²) >= 11 is 12.8. The molecule has 1 unspecified atom stereocenters. The molecule has 0 amide bonds. The molecule has 110 valence electrons. The van der Waals surface area contributed by atoms with E-state index in [-0.39, 0.29) is 5.82 Å². The Labute approximate surface area is 132 Å². The molecule has 0 bridgehead atoms. The summed E-state index contributed by atoms with van der Waals surface area (Å²) in [6, 6.07) is 8.02. The summed E-state index contributed by atoms with van der Waals surface area (Å²) in [5, 5.41) is 0.0249. The van der Waals surface area contributed by atoms with Crippen LogP contribution in [-0.2, 0) is 0 Å². The zero-order valence-electron chi connectivity index (χ0n) is 11.3. The van der Waals surface area contributed by atoms with Crippen molar-refractivity contribution in [2.24, 2.45) is 0 Å². The normalized spacial score (nSPS) is 14.9. The van der Waals surface area contributed by atoms with Crippen LogP contribution < -0.4 is 9.47 Å². The Morgan fingerprint density at radius 1 is 1.05 bits per heavy atom. The van der Waals surface area contributed by atoms with Crippen molar-refractivity contribution >= 4 is 23.2 Å². The molecular formula is C16H13Cl2FO2. The predicted octanol–water partition coefficient (Wildman–Crippen LogP) is 4.89. The molecule has 1 aliphatic heterocycles. The highest BCUT2D eigenvalue weighted by Crippen LogP contribution is 2.42. The Balaban J connectivity index is 2.03. The third-order valence-corrected chi connectivity index (χ3v) is 4.24. The maximum absolute atomic E-state index is 13.2. The Hall–Kier alpha value is -1.45. The van der Waals surface area contributed by atoms with E-state index in [4.69, 9.17) is 32.7 Å². The Kier molecular flexibility index (Phi) is 3.96. The summed E-state index contributed by atoms with van der Waals surface area (Å²) in [4.78, 5) is 0. The third kappa shape index (κ3) is 2.81. The van der Waals surface area contributed by atoms with E-state index >= 15 is 0 Å². The molecule has 21 heavy (non-hydrogen) atoms. The van der Waals surface area contributed by atoms with Crippen LogP contribution in [0.15, 0.2) is 30.3 Å². The first-order valence-electron chi connectivity index (χ1n) is 6.55. The van der Waals surface area contributed by atoms with Gasteiger partial charge in [-0.15, -0.1) is 11.6 Å². The van der Waals surface area contributed by atoms with E-state index in [0.717, 1.165) is 16.7 Å². The molecule has 1 atom stereocenters. The minimum atomic E-state index is -0.478. The quantitative estimate of drug-likeness (QED) is 0.732. The van der Waals surface area contributed by atoms with Crippen LogP contribution in [0.25, 0.3) is 0 Å². The van der Waals surface area contributed by atoms with Gasteiger partial charge in [0.1, 0.15) is 19.0 Å². The fraction of sp³-hybridized carbons (Fsp3) is 0.250. The van der Waals surface area contributed by atoms with Crippen LogP contribution in [0.3, 0.4) is 0 Å². The second-order valence-electron chi connectivity index (χ2n) is 4.88.